The Morgan fingerprint density at radius 3 is 2.56 bits per heavy atom. The summed E-state index contributed by atoms with van der Waals surface area (Å²) in [7, 11) is 0. The first-order valence-corrected chi connectivity index (χ1v) is 11.3. The molecule has 2 atom stereocenters. The second kappa shape index (κ2) is 8.43. The molecule has 2 aromatic heterocycles. The monoisotopic (exact) mass is 451 g/mol. The second-order valence-electron chi connectivity index (χ2n) is 8.78. The number of ether oxygens (including phenoxy) is 1. The number of nitrogens with one attached hydrogen (secondary N) is 1. The van der Waals surface area contributed by atoms with Crippen LogP contribution in [-0.2, 0) is 9.53 Å². The Morgan fingerprint density at radius 1 is 1.16 bits per heavy atom. The molecular weight excluding hydrogens is 426 g/mol. The van der Waals surface area contributed by atoms with Crippen LogP contribution in [-0.4, -0.2) is 44.9 Å². The van der Waals surface area contributed by atoms with E-state index in [2.05, 4.69) is 9.97 Å². The molecule has 166 valence electrons. The van der Waals surface area contributed by atoms with Crippen molar-refractivity contribution < 1.29 is 19.1 Å². The van der Waals surface area contributed by atoms with Crippen molar-refractivity contribution in [3.8, 4) is 0 Å². The van der Waals surface area contributed by atoms with Crippen LogP contribution < -0.4 is 4.31 Å². The highest BCUT2D eigenvalue weighted by Crippen LogP contribution is 2.40. The van der Waals surface area contributed by atoms with Crippen LogP contribution in [0.15, 0.2) is 48.8 Å². The smallest absolute Gasteiger partial charge is 0.356 e. The molecule has 1 aliphatic rings. The molecule has 3 heterocycles. The first-order chi connectivity index (χ1) is 15.2. The summed E-state index contributed by atoms with van der Waals surface area (Å²) in [5.74, 6) is -1.15. The van der Waals surface area contributed by atoms with Gasteiger partial charge in [-0.1, -0.05) is 18.2 Å². The zero-order chi connectivity index (χ0) is 23.0. The molecule has 1 saturated heterocycles. The van der Waals surface area contributed by atoms with Crippen LogP contribution in [0.4, 0.5) is 5.69 Å². The van der Waals surface area contributed by atoms with E-state index in [9.17, 15) is 14.4 Å². The number of Topliss-reactive ketones (excluding diaryl/α,β-unsaturated/α-hetero) is 2. The number of benzene rings is 1. The van der Waals surface area contributed by atoms with E-state index in [1.54, 1.807) is 45.3 Å². The lowest BCUT2D eigenvalue weighted by Gasteiger charge is -2.25. The maximum atomic E-state index is 13.9. The quantitative estimate of drug-likeness (QED) is 0.348. The number of carbonyl (C=O) groups is 3. The van der Waals surface area contributed by atoms with Gasteiger partial charge >= 0.3 is 5.97 Å². The van der Waals surface area contributed by atoms with Gasteiger partial charge in [0.25, 0.3) is 0 Å². The molecule has 7 nitrogen and oxygen atoms in total. The van der Waals surface area contributed by atoms with Crippen LogP contribution >= 0.6 is 11.9 Å². The molecule has 8 heteroatoms. The average molecular weight is 452 g/mol. The van der Waals surface area contributed by atoms with Crippen molar-refractivity contribution in [3.63, 3.8) is 0 Å². The number of para-hydroxylation sites is 1. The summed E-state index contributed by atoms with van der Waals surface area (Å²) in [4.78, 5) is 46.7. The highest BCUT2D eigenvalue weighted by atomic mass is 32.2. The molecule has 0 spiro atoms. The predicted molar refractivity (Wildman–Crippen MR) is 125 cm³/mol. The number of rotatable bonds is 5. The maximum absolute atomic E-state index is 13.9. The summed E-state index contributed by atoms with van der Waals surface area (Å²) in [5, 5.41) is 0.644. The fraction of sp³-hybridized carbons (Fsp3) is 0.333. The van der Waals surface area contributed by atoms with Gasteiger partial charge < -0.3 is 14.0 Å². The van der Waals surface area contributed by atoms with Crippen molar-refractivity contribution in [2.45, 2.75) is 39.3 Å². The van der Waals surface area contributed by atoms with Crippen LogP contribution in [0.3, 0.4) is 0 Å². The van der Waals surface area contributed by atoms with E-state index in [0.29, 0.717) is 16.7 Å². The molecule has 32 heavy (non-hydrogen) atoms. The third-order valence-corrected chi connectivity index (χ3v) is 6.46. The van der Waals surface area contributed by atoms with E-state index in [-0.39, 0.29) is 22.8 Å². The van der Waals surface area contributed by atoms with Gasteiger partial charge in [0.2, 0.25) is 0 Å². The molecule has 0 radical (unpaired) electrons. The van der Waals surface area contributed by atoms with Crippen molar-refractivity contribution in [1.82, 2.24) is 9.97 Å². The van der Waals surface area contributed by atoms with Crippen LogP contribution in [0.1, 0.15) is 48.5 Å². The molecule has 1 aromatic carbocycles. The third-order valence-electron chi connectivity index (χ3n) is 5.24. The SMILES string of the molecule is CC(=O)C1C(C(=O)c2c(C(=O)OC(C)(C)C)[nH]c3ccccc23)CSN1c1cccnc1. The number of aromatic nitrogens is 2. The van der Waals surface area contributed by atoms with E-state index in [1.165, 1.54) is 18.9 Å². The van der Waals surface area contributed by atoms with Gasteiger partial charge in [0.15, 0.2) is 11.6 Å². The fourth-order valence-electron chi connectivity index (χ4n) is 3.95. The van der Waals surface area contributed by atoms with Crippen LogP contribution in [0, 0.1) is 5.92 Å². The molecule has 1 N–H and O–H groups in total. The van der Waals surface area contributed by atoms with E-state index in [1.807, 2.05) is 28.6 Å². The number of hydrogen-bond donors (Lipinski definition) is 1. The number of ketones is 2. The molecule has 0 aliphatic carbocycles. The standard InChI is InChI=1S/C24H25N3O4S/c1-14(28)21-17(13-32-27(21)15-8-7-11-25-12-15)22(29)19-16-9-5-6-10-18(16)26-20(19)23(30)31-24(2,3)4/h5-12,17,21,26H,13H2,1-4H3. The Kier molecular flexibility index (Phi) is 5.81. The minimum Gasteiger partial charge on any atom is -0.455 e. The van der Waals surface area contributed by atoms with Gasteiger partial charge in [-0.05, 0) is 57.8 Å². The van der Waals surface area contributed by atoms with Crippen molar-refractivity contribution in [1.29, 1.82) is 0 Å². The third kappa shape index (κ3) is 4.14. The predicted octanol–water partition coefficient (Wildman–Crippen LogP) is 4.44. The van der Waals surface area contributed by atoms with E-state index >= 15 is 0 Å². The van der Waals surface area contributed by atoms with Crippen molar-refractivity contribution in [3.05, 3.63) is 60.0 Å². The van der Waals surface area contributed by atoms with Crippen LogP contribution in [0.25, 0.3) is 10.9 Å². The number of fused-ring (bicyclic) bond motifs is 1. The normalized spacial score (nSPS) is 18.7. The molecular formula is C24H25N3O4S. The van der Waals surface area contributed by atoms with Crippen LogP contribution in [0.2, 0.25) is 0 Å². The van der Waals surface area contributed by atoms with Gasteiger partial charge in [-0.15, -0.1) is 0 Å². The lowest BCUT2D eigenvalue weighted by Crippen LogP contribution is -2.40. The summed E-state index contributed by atoms with van der Waals surface area (Å²) in [6.45, 7) is 6.82. The molecule has 1 fully saturated rings. The maximum Gasteiger partial charge on any atom is 0.356 e. The number of nitrogens with zero attached hydrogens (tertiary/aromatic N) is 2. The fourth-order valence-corrected chi connectivity index (χ4v) is 5.32. The molecule has 0 bridgehead atoms. The van der Waals surface area contributed by atoms with Crippen molar-refractivity contribution in [2.24, 2.45) is 5.92 Å². The Morgan fingerprint density at radius 2 is 1.91 bits per heavy atom. The lowest BCUT2D eigenvalue weighted by atomic mass is 9.88. The molecule has 0 amide bonds. The van der Waals surface area contributed by atoms with Crippen molar-refractivity contribution >= 4 is 46.1 Å². The van der Waals surface area contributed by atoms with E-state index in [0.717, 1.165) is 5.69 Å². The number of esters is 1. The Hall–Kier alpha value is -3.13. The molecule has 1 aliphatic heterocycles. The van der Waals surface area contributed by atoms with E-state index < -0.39 is 23.5 Å². The lowest BCUT2D eigenvalue weighted by molar-refractivity contribution is -0.118. The molecule has 0 saturated carbocycles. The number of carbonyl (C=O) groups excluding carboxylic acids is 3. The number of hydrogen-bond acceptors (Lipinski definition) is 7. The summed E-state index contributed by atoms with van der Waals surface area (Å²) < 4.78 is 7.41. The summed E-state index contributed by atoms with van der Waals surface area (Å²) in [5.41, 5.74) is 1.12. The average Bonchev–Trinajstić information content (AvgIpc) is 3.35. The van der Waals surface area contributed by atoms with Gasteiger partial charge in [0.05, 0.1) is 23.4 Å². The Balaban J connectivity index is 1.77. The minimum atomic E-state index is -0.711. The first kappa shape index (κ1) is 22.1. The molecule has 4 rings (SSSR count). The van der Waals surface area contributed by atoms with Gasteiger partial charge in [-0.25, -0.2) is 4.79 Å². The second-order valence-corrected chi connectivity index (χ2v) is 9.77. The van der Waals surface area contributed by atoms with Gasteiger partial charge in [-0.2, -0.15) is 0 Å². The Labute approximate surface area is 190 Å². The number of H-pyrrole nitrogens is 1. The van der Waals surface area contributed by atoms with Gasteiger partial charge in [0, 0.05) is 22.9 Å². The molecule has 2 unspecified atom stereocenters. The highest BCUT2D eigenvalue weighted by Gasteiger charge is 2.44. The summed E-state index contributed by atoms with van der Waals surface area (Å²) in [6.07, 6.45) is 3.34. The minimum absolute atomic E-state index is 0.115. The molecule has 3 aromatic rings. The van der Waals surface area contributed by atoms with Gasteiger partial charge in [0.1, 0.15) is 17.3 Å². The summed E-state index contributed by atoms with van der Waals surface area (Å²) in [6, 6.07) is 10.3. The zero-order valence-electron chi connectivity index (χ0n) is 18.4. The van der Waals surface area contributed by atoms with Crippen LogP contribution in [0.5, 0.6) is 0 Å². The zero-order valence-corrected chi connectivity index (χ0v) is 19.2. The number of anilines is 1. The largest absolute Gasteiger partial charge is 0.455 e. The van der Waals surface area contributed by atoms with Gasteiger partial charge in [-0.3, -0.25) is 14.6 Å². The number of pyridine rings is 1. The topological polar surface area (TPSA) is 92.4 Å². The Bertz CT molecular complexity index is 1180. The highest BCUT2D eigenvalue weighted by molar-refractivity contribution is 8.01. The number of aromatic amines is 1. The summed E-state index contributed by atoms with van der Waals surface area (Å²) >= 11 is 1.42. The van der Waals surface area contributed by atoms with E-state index in [4.69, 9.17) is 4.74 Å². The van der Waals surface area contributed by atoms with Crippen molar-refractivity contribution in [2.75, 3.05) is 10.1 Å². The first-order valence-electron chi connectivity index (χ1n) is 10.4.